The summed E-state index contributed by atoms with van der Waals surface area (Å²) in [5, 5.41) is 8.95. The van der Waals surface area contributed by atoms with Gasteiger partial charge in [0.2, 0.25) is 0 Å². The van der Waals surface area contributed by atoms with E-state index >= 15 is 0 Å². The number of aryl methyl sites for hydroxylation is 2. The van der Waals surface area contributed by atoms with Gasteiger partial charge in [0.1, 0.15) is 5.01 Å². The minimum absolute atomic E-state index is 0.198. The second-order valence-electron chi connectivity index (χ2n) is 7.74. The third-order valence-corrected chi connectivity index (χ3v) is 6.29. The number of ether oxygens (including phenoxy) is 1. The molecule has 0 aliphatic carbocycles. The molecule has 4 rings (SSSR count). The van der Waals surface area contributed by atoms with Gasteiger partial charge in [-0.1, -0.05) is 29.8 Å². The van der Waals surface area contributed by atoms with Crippen molar-refractivity contribution in [3.63, 3.8) is 0 Å². The van der Waals surface area contributed by atoms with Crippen LogP contribution in [0.2, 0.25) is 0 Å². The minimum Gasteiger partial charge on any atom is -0.378 e. The van der Waals surface area contributed by atoms with Gasteiger partial charge < -0.3 is 20.3 Å². The average molecular weight is 437 g/mol. The molecule has 0 atom stereocenters. The number of benzene rings is 2. The van der Waals surface area contributed by atoms with E-state index in [1.165, 1.54) is 11.3 Å². The molecule has 7 heteroatoms. The molecule has 2 amide bonds. The standard InChI is InChI=1S/C24H28N4O2S/c1-17-3-5-19(6-4-17)23-26-20(16-31-23)9-10-25-24(29)27-22-8-7-21(15-18(22)2)28-11-13-30-14-12-28/h3-8,15-16H,9-14H2,1-2H3,(H2,25,27,29). The fourth-order valence-electron chi connectivity index (χ4n) is 3.53. The highest BCUT2D eigenvalue weighted by Gasteiger charge is 2.13. The van der Waals surface area contributed by atoms with Crippen molar-refractivity contribution in [2.24, 2.45) is 0 Å². The van der Waals surface area contributed by atoms with Crippen LogP contribution in [-0.4, -0.2) is 43.9 Å². The quantitative estimate of drug-likeness (QED) is 0.591. The normalized spacial score (nSPS) is 13.8. The number of carbonyl (C=O) groups excluding carboxylic acids is 1. The fraction of sp³-hybridized carbons (Fsp3) is 0.333. The van der Waals surface area contributed by atoms with Crippen molar-refractivity contribution in [3.8, 4) is 10.6 Å². The molecule has 162 valence electrons. The maximum Gasteiger partial charge on any atom is 0.319 e. The zero-order chi connectivity index (χ0) is 21.6. The summed E-state index contributed by atoms with van der Waals surface area (Å²) in [5.41, 5.74) is 6.39. The molecule has 1 aliphatic heterocycles. The molecule has 6 nitrogen and oxygen atoms in total. The van der Waals surface area contributed by atoms with Gasteiger partial charge in [0.25, 0.3) is 0 Å². The van der Waals surface area contributed by atoms with Crippen LogP contribution in [0.15, 0.2) is 47.8 Å². The minimum atomic E-state index is -0.198. The van der Waals surface area contributed by atoms with E-state index in [1.54, 1.807) is 11.3 Å². The largest absolute Gasteiger partial charge is 0.378 e. The highest BCUT2D eigenvalue weighted by atomic mass is 32.1. The first kappa shape index (κ1) is 21.3. The van der Waals surface area contributed by atoms with E-state index < -0.39 is 0 Å². The number of nitrogens with zero attached hydrogens (tertiary/aromatic N) is 2. The number of morpholine rings is 1. The number of hydrogen-bond donors (Lipinski definition) is 2. The van der Waals surface area contributed by atoms with Crippen molar-refractivity contribution >= 4 is 28.7 Å². The molecule has 2 heterocycles. The van der Waals surface area contributed by atoms with E-state index in [0.717, 1.165) is 53.8 Å². The number of amides is 2. The fourth-order valence-corrected chi connectivity index (χ4v) is 4.39. The maximum atomic E-state index is 12.3. The zero-order valence-corrected chi connectivity index (χ0v) is 18.8. The molecule has 0 saturated carbocycles. The van der Waals surface area contributed by atoms with E-state index in [1.807, 2.05) is 13.0 Å². The number of nitrogens with one attached hydrogen (secondary N) is 2. The van der Waals surface area contributed by atoms with E-state index in [-0.39, 0.29) is 6.03 Å². The van der Waals surface area contributed by atoms with Crippen molar-refractivity contribution in [1.82, 2.24) is 10.3 Å². The Morgan fingerprint density at radius 1 is 1.13 bits per heavy atom. The summed E-state index contributed by atoms with van der Waals surface area (Å²) in [6, 6.07) is 14.3. The highest BCUT2D eigenvalue weighted by molar-refractivity contribution is 7.13. The third kappa shape index (κ3) is 5.62. The Labute approximate surface area is 187 Å². The molecular formula is C24H28N4O2S. The molecule has 0 radical (unpaired) electrons. The van der Waals surface area contributed by atoms with E-state index in [2.05, 4.69) is 64.2 Å². The van der Waals surface area contributed by atoms with Gasteiger partial charge >= 0.3 is 6.03 Å². The van der Waals surface area contributed by atoms with Gasteiger partial charge in [-0.25, -0.2) is 9.78 Å². The van der Waals surface area contributed by atoms with Crippen LogP contribution in [0.25, 0.3) is 10.6 Å². The molecule has 0 unspecified atom stereocenters. The van der Waals surface area contributed by atoms with Gasteiger partial charge in [-0.05, 0) is 37.6 Å². The highest BCUT2D eigenvalue weighted by Crippen LogP contribution is 2.25. The van der Waals surface area contributed by atoms with Crippen LogP contribution < -0.4 is 15.5 Å². The first-order valence-corrected chi connectivity index (χ1v) is 11.5. The second kappa shape index (κ2) is 9.94. The smallest absolute Gasteiger partial charge is 0.319 e. The Hall–Kier alpha value is -2.90. The van der Waals surface area contributed by atoms with Gasteiger partial charge in [-0.15, -0.1) is 11.3 Å². The Morgan fingerprint density at radius 2 is 1.90 bits per heavy atom. The Balaban J connectivity index is 1.26. The molecule has 0 spiro atoms. The number of hydrogen-bond acceptors (Lipinski definition) is 5. The monoisotopic (exact) mass is 436 g/mol. The number of anilines is 2. The lowest BCUT2D eigenvalue weighted by Crippen LogP contribution is -2.36. The van der Waals surface area contributed by atoms with Crippen LogP contribution >= 0.6 is 11.3 Å². The molecule has 31 heavy (non-hydrogen) atoms. The van der Waals surface area contributed by atoms with Crippen LogP contribution in [0.5, 0.6) is 0 Å². The van der Waals surface area contributed by atoms with Crippen LogP contribution in [0.3, 0.4) is 0 Å². The van der Waals surface area contributed by atoms with Crippen LogP contribution in [0.1, 0.15) is 16.8 Å². The zero-order valence-electron chi connectivity index (χ0n) is 18.0. The summed E-state index contributed by atoms with van der Waals surface area (Å²) < 4.78 is 5.41. The topological polar surface area (TPSA) is 66.5 Å². The molecule has 1 aliphatic rings. The first-order chi connectivity index (χ1) is 15.1. The first-order valence-electron chi connectivity index (χ1n) is 10.6. The van der Waals surface area contributed by atoms with E-state index in [9.17, 15) is 4.79 Å². The number of thiazole rings is 1. The molecule has 1 saturated heterocycles. The maximum absolute atomic E-state index is 12.3. The van der Waals surface area contributed by atoms with E-state index in [4.69, 9.17) is 9.72 Å². The van der Waals surface area contributed by atoms with Gasteiger partial charge in [0, 0.05) is 48.4 Å². The summed E-state index contributed by atoms with van der Waals surface area (Å²) in [5.74, 6) is 0. The van der Waals surface area contributed by atoms with Gasteiger partial charge in [-0.3, -0.25) is 0 Å². The summed E-state index contributed by atoms with van der Waals surface area (Å²) >= 11 is 1.63. The molecular weight excluding hydrogens is 408 g/mol. The van der Waals surface area contributed by atoms with Crippen LogP contribution in [-0.2, 0) is 11.2 Å². The van der Waals surface area contributed by atoms with Crippen molar-refractivity contribution < 1.29 is 9.53 Å². The van der Waals surface area contributed by atoms with Crippen LogP contribution in [0.4, 0.5) is 16.2 Å². The molecule has 2 N–H and O–H groups in total. The molecule has 0 bridgehead atoms. The number of urea groups is 1. The molecule has 2 aromatic carbocycles. The number of aromatic nitrogens is 1. The van der Waals surface area contributed by atoms with Gasteiger partial charge in [0.15, 0.2) is 0 Å². The van der Waals surface area contributed by atoms with E-state index in [0.29, 0.717) is 13.0 Å². The number of carbonyl (C=O) groups is 1. The third-order valence-electron chi connectivity index (χ3n) is 5.35. The summed E-state index contributed by atoms with van der Waals surface area (Å²) in [4.78, 5) is 19.3. The lowest BCUT2D eigenvalue weighted by Gasteiger charge is -2.29. The van der Waals surface area contributed by atoms with Gasteiger partial charge in [-0.2, -0.15) is 0 Å². The molecule has 1 fully saturated rings. The Bertz CT molecular complexity index is 1030. The lowest BCUT2D eigenvalue weighted by molar-refractivity contribution is 0.122. The Morgan fingerprint density at radius 3 is 2.65 bits per heavy atom. The lowest BCUT2D eigenvalue weighted by atomic mass is 10.1. The van der Waals surface area contributed by atoms with Gasteiger partial charge in [0.05, 0.1) is 18.9 Å². The molecule has 1 aromatic heterocycles. The second-order valence-corrected chi connectivity index (χ2v) is 8.60. The van der Waals surface area contributed by atoms with Crippen molar-refractivity contribution in [1.29, 1.82) is 0 Å². The summed E-state index contributed by atoms with van der Waals surface area (Å²) in [6.07, 6.45) is 0.699. The predicted molar refractivity (Wildman–Crippen MR) is 127 cm³/mol. The van der Waals surface area contributed by atoms with Crippen molar-refractivity contribution in [3.05, 3.63) is 64.7 Å². The summed E-state index contributed by atoms with van der Waals surface area (Å²) in [6.45, 7) is 7.94. The Kier molecular flexibility index (Phi) is 6.84. The predicted octanol–water partition coefficient (Wildman–Crippen LogP) is 4.63. The molecule has 3 aromatic rings. The van der Waals surface area contributed by atoms with Crippen molar-refractivity contribution in [2.75, 3.05) is 43.1 Å². The summed E-state index contributed by atoms with van der Waals surface area (Å²) in [7, 11) is 0. The van der Waals surface area contributed by atoms with Crippen molar-refractivity contribution in [2.45, 2.75) is 20.3 Å². The SMILES string of the molecule is Cc1ccc(-c2nc(CCNC(=O)Nc3ccc(N4CCOCC4)cc3C)cs2)cc1. The van der Waals surface area contributed by atoms with Crippen LogP contribution in [0, 0.1) is 13.8 Å². The average Bonchev–Trinajstić information content (AvgIpc) is 3.25. The number of rotatable bonds is 6.